The smallest absolute Gasteiger partial charge is 0.131 e. The minimum absolute atomic E-state index is 0.271. The van der Waals surface area contributed by atoms with E-state index >= 15 is 0 Å². The van der Waals surface area contributed by atoms with Crippen molar-refractivity contribution in [2.45, 2.75) is 19.8 Å². The third-order valence-corrected chi connectivity index (χ3v) is 3.10. The Morgan fingerprint density at radius 1 is 1.50 bits per heavy atom. The van der Waals surface area contributed by atoms with Gasteiger partial charge in [0.1, 0.15) is 5.78 Å². The van der Waals surface area contributed by atoms with Gasteiger partial charge in [-0.05, 0) is 31.8 Å². The first-order chi connectivity index (χ1) is 6.68. The Morgan fingerprint density at radius 3 is 2.86 bits per heavy atom. The third-order valence-electron chi connectivity index (χ3n) is 2.17. The lowest BCUT2D eigenvalue weighted by Gasteiger charge is -2.14. The zero-order valence-corrected chi connectivity index (χ0v) is 9.64. The summed E-state index contributed by atoms with van der Waals surface area (Å²) in [6.45, 7) is 3.56. The molecule has 0 saturated heterocycles. The number of nitrogens with zero attached hydrogens (tertiary/aromatic N) is 1. The molecule has 1 heterocycles. The van der Waals surface area contributed by atoms with Crippen molar-refractivity contribution < 1.29 is 4.79 Å². The molecule has 0 unspecified atom stereocenters. The second kappa shape index (κ2) is 5.94. The lowest BCUT2D eigenvalue weighted by Crippen LogP contribution is -2.23. The molecule has 0 radical (unpaired) electrons. The Hall–Kier alpha value is -0.670. The molecule has 14 heavy (non-hydrogen) atoms. The lowest BCUT2D eigenvalue weighted by molar-refractivity contribution is -0.117. The van der Waals surface area contributed by atoms with Crippen molar-refractivity contribution in [2.24, 2.45) is 0 Å². The van der Waals surface area contributed by atoms with Crippen LogP contribution in [0.15, 0.2) is 17.5 Å². The average Bonchev–Trinajstić information content (AvgIpc) is 2.63. The van der Waals surface area contributed by atoms with Crippen molar-refractivity contribution in [3.8, 4) is 0 Å². The summed E-state index contributed by atoms with van der Waals surface area (Å²) < 4.78 is 0. The first kappa shape index (κ1) is 11.4. The highest BCUT2D eigenvalue weighted by molar-refractivity contribution is 7.09. The topological polar surface area (TPSA) is 20.3 Å². The number of ketones is 1. The molecule has 0 aromatic carbocycles. The molecule has 0 saturated carbocycles. The maximum absolute atomic E-state index is 10.8. The van der Waals surface area contributed by atoms with E-state index in [4.69, 9.17) is 0 Å². The molecule has 2 nitrogen and oxygen atoms in total. The van der Waals surface area contributed by atoms with Crippen LogP contribution in [0.2, 0.25) is 0 Å². The van der Waals surface area contributed by atoms with Gasteiger partial charge in [-0.1, -0.05) is 6.07 Å². The van der Waals surface area contributed by atoms with E-state index in [0.29, 0.717) is 6.42 Å². The molecular weight excluding hydrogens is 194 g/mol. The van der Waals surface area contributed by atoms with Crippen LogP contribution in [0.4, 0.5) is 0 Å². The van der Waals surface area contributed by atoms with Crippen molar-refractivity contribution in [2.75, 3.05) is 20.1 Å². The average molecular weight is 211 g/mol. The van der Waals surface area contributed by atoms with E-state index in [2.05, 4.69) is 29.5 Å². The van der Waals surface area contributed by atoms with Gasteiger partial charge in [-0.3, -0.25) is 4.79 Å². The summed E-state index contributed by atoms with van der Waals surface area (Å²) in [5.41, 5.74) is 0. The van der Waals surface area contributed by atoms with Crippen molar-refractivity contribution >= 4 is 17.1 Å². The first-order valence-electron chi connectivity index (χ1n) is 4.89. The van der Waals surface area contributed by atoms with Crippen molar-refractivity contribution in [1.29, 1.82) is 0 Å². The third kappa shape index (κ3) is 4.53. The Balaban J connectivity index is 2.15. The quantitative estimate of drug-likeness (QED) is 0.719. The molecule has 78 valence electrons. The van der Waals surface area contributed by atoms with Crippen LogP contribution in [-0.4, -0.2) is 30.8 Å². The van der Waals surface area contributed by atoms with E-state index in [-0.39, 0.29) is 5.78 Å². The van der Waals surface area contributed by atoms with Crippen LogP contribution in [0.5, 0.6) is 0 Å². The predicted molar refractivity (Wildman–Crippen MR) is 60.8 cm³/mol. The standard InChI is InChI=1S/C11H17NOS/c1-10(13)5-7-12(2)8-6-11-4-3-9-14-11/h3-4,9H,5-8H2,1-2H3. The number of likely N-dealkylation sites (N-methyl/N-ethyl adjacent to an activating group) is 1. The van der Waals surface area contributed by atoms with Gasteiger partial charge in [-0.15, -0.1) is 11.3 Å². The molecule has 0 spiro atoms. The number of thiophene rings is 1. The summed E-state index contributed by atoms with van der Waals surface area (Å²) in [7, 11) is 2.07. The minimum atomic E-state index is 0.271. The summed E-state index contributed by atoms with van der Waals surface area (Å²) in [5.74, 6) is 0.271. The Labute approximate surface area is 89.5 Å². The maximum Gasteiger partial charge on any atom is 0.131 e. The highest BCUT2D eigenvalue weighted by atomic mass is 32.1. The van der Waals surface area contributed by atoms with Crippen LogP contribution >= 0.6 is 11.3 Å². The van der Waals surface area contributed by atoms with Crippen molar-refractivity contribution in [3.63, 3.8) is 0 Å². The van der Waals surface area contributed by atoms with Gasteiger partial charge in [0, 0.05) is 24.4 Å². The first-order valence-corrected chi connectivity index (χ1v) is 5.77. The van der Waals surface area contributed by atoms with E-state index in [0.717, 1.165) is 19.5 Å². The molecule has 0 aliphatic heterocycles. The van der Waals surface area contributed by atoms with Gasteiger partial charge in [0.25, 0.3) is 0 Å². The molecule has 1 aromatic rings. The zero-order valence-electron chi connectivity index (χ0n) is 8.82. The summed E-state index contributed by atoms with van der Waals surface area (Å²) in [6, 6.07) is 4.24. The van der Waals surface area contributed by atoms with E-state index in [1.54, 1.807) is 18.3 Å². The van der Waals surface area contributed by atoms with Crippen LogP contribution in [0.25, 0.3) is 0 Å². The normalized spacial score (nSPS) is 10.8. The number of hydrogen-bond acceptors (Lipinski definition) is 3. The zero-order chi connectivity index (χ0) is 10.4. The Bertz CT molecular complexity index is 269. The van der Waals surface area contributed by atoms with Gasteiger partial charge in [-0.25, -0.2) is 0 Å². The fraction of sp³-hybridized carbons (Fsp3) is 0.545. The molecule has 0 amide bonds. The summed E-state index contributed by atoms with van der Waals surface area (Å²) in [5, 5.41) is 2.10. The second-order valence-electron chi connectivity index (χ2n) is 3.58. The van der Waals surface area contributed by atoms with E-state index in [1.165, 1.54) is 4.88 Å². The molecule has 0 aliphatic rings. The van der Waals surface area contributed by atoms with Gasteiger partial charge >= 0.3 is 0 Å². The predicted octanol–water partition coefficient (Wildman–Crippen LogP) is 2.20. The second-order valence-corrected chi connectivity index (χ2v) is 4.62. The van der Waals surface area contributed by atoms with Crippen molar-refractivity contribution in [3.05, 3.63) is 22.4 Å². The number of carbonyl (C=O) groups is 1. The van der Waals surface area contributed by atoms with Crippen LogP contribution in [0, 0.1) is 0 Å². The fourth-order valence-electron chi connectivity index (χ4n) is 1.22. The maximum atomic E-state index is 10.8. The Morgan fingerprint density at radius 2 is 2.29 bits per heavy atom. The highest BCUT2D eigenvalue weighted by Crippen LogP contribution is 2.09. The van der Waals surface area contributed by atoms with E-state index in [1.807, 2.05) is 0 Å². The largest absolute Gasteiger partial charge is 0.306 e. The van der Waals surface area contributed by atoms with Crippen molar-refractivity contribution in [1.82, 2.24) is 4.90 Å². The number of carbonyl (C=O) groups excluding carboxylic acids is 1. The Kier molecular flexibility index (Phi) is 4.84. The fourth-order valence-corrected chi connectivity index (χ4v) is 1.91. The van der Waals surface area contributed by atoms with Gasteiger partial charge in [-0.2, -0.15) is 0 Å². The minimum Gasteiger partial charge on any atom is -0.306 e. The molecule has 3 heteroatoms. The SMILES string of the molecule is CC(=O)CCN(C)CCc1cccs1. The summed E-state index contributed by atoms with van der Waals surface area (Å²) in [4.78, 5) is 14.4. The summed E-state index contributed by atoms with van der Waals surface area (Å²) in [6.07, 6.45) is 1.76. The van der Waals surface area contributed by atoms with Gasteiger partial charge in [0.15, 0.2) is 0 Å². The molecule has 0 bridgehead atoms. The highest BCUT2D eigenvalue weighted by Gasteiger charge is 2.01. The monoisotopic (exact) mass is 211 g/mol. The molecule has 0 fully saturated rings. The lowest BCUT2D eigenvalue weighted by atomic mass is 10.3. The van der Waals surface area contributed by atoms with Crippen LogP contribution < -0.4 is 0 Å². The molecule has 1 rings (SSSR count). The molecule has 0 aliphatic carbocycles. The molecular formula is C11H17NOS. The van der Waals surface area contributed by atoms with E-state index < -0.39 is 0 Å². The number of hydrogen-bond donors (Lipinski definition) is 0. The van der Waals surface area contributed by atoms with Crippen LogP contribution in [0.1, 0.15) is 18.2 Å². The van der Waals surface area contributed by atoms with Gasteiger partial charge in [0.2, 0.25) is 0 Å². The van der Waals surface area contributed by atoms with Crippen LogP contribution in [-0.2, 0) is 11.2 Å². The van der Waals surface area contributed by atoms with Crippen LogP contribution in [0.3, 0.4) is 0 Å². The van der Waals surface area contributed by atoms with Gasteiger partial charge < -0.3 is 4.90 Å². The molecule has 1 aromatic heterocycles. The van der Waals surface area contributed by atoms with Gasteiger partial charge in [0.05, 0.1) is 0 Å². The van der Waals surface area contributed by atoms with E-state index in [9.17, 15) is 4.79 Å². The number of Topliss-reactive ketones (excluding diaryl/α,β-unsaturated/α-hetero) is 1. The molecule has 0 atom stereocenters. The number of rotatable bonds is 6. The molecule has 0 N–H and O–H groups in total. The summed E-state index contributed by atoms with van der Waals surface area (Å²) >= 11 is 1.80.